The summed E-state index contributed by atoms with van der Waals surface area (Å²) in [7, 11) is 0. The molecule has 1 amide bonds. The maximum Gasteiger partial charge on any atom is 0.255 e. The molecule has 2 aromatic carbocycles. The van der Waals surface area contributed by atoms with E-state index >= 15 is 0 Å². The largest absolute Gasteiger partial charge is 0.504 e. The zero-order valence-corrected chi connectivity index (χ0v) is 19.4. The zero-order valence-electron chi connectivity index (χ0n) is 15.7. The van der Waals surface area contributed by atoms with E-state index < -0.39 is 6.04 Å². The second kappa shape index (κ2) is 9.19. The van der Waals surface area contributed by atoms with Gasteiger partial charge in [0.25, 0.3) is 5.91 Å². The molecule has 0 fully saturated rings. The van der Waals surface area contributed by atoms with E-state index in [1.807, 2.05) is 29.5 Å². The molecule has 1 atom stereocenters. The Labute approximate surface area is 192 Å². The van der Waals surface area contributed by atoms with Crippen molar-refractivity contribution in [3.05, 3.63) is 61.8 Å². The van der Waals surface area contributed by atoms with Crippen LogP contribution >= 0.6 is 46.4 Å². The van der Waals surface area contributed by atoms with Gasteiger partial charge < -0.3 is 25.8 Å². The second-order valence-corrected chi connectivity index (χ2v) is 8.32. The number of aromatic hydroxyl groups is 1. The van der Waals surface area contributed by atoms with Crippen LogP contribution in [0.5, 0.6) is 11.5 Å². The molecule has 3 rings (SSSR count). The van der Waals surface area contributed by atoms with Crippen molar-refractivity contribution in [3.8, 4) is 11.5 Å². The number of ether oxygens (including phenoxy) is 1. The maximum atomic E-state index is 13.1. The number of halogens is 2. The lowest BCUT2D eigenvalue weighted by Crippen LogP contribution is -2.45. The van der Waals surface area contributed by atoms with Crippen molar-refractivity contribution in [3.63, 3.8) is 0 Å². The Hall–Kier alpha value is -2.04. The summed E-state index contributed by atoms with van der Waals surface area (Å²) >= 11 is 13.4. The summed E-state index contributed by atoms with van der Waals surface area (Å²) in [5.41, 5.74) is 2.45. The fourth-order valence-electron chi connectivity index (χ4n) is 3.04. The lowest BCUT2D eigenvalue weighted by atomic mass is 9.94. The summed E-state index contributed by atoms with van der Waals surface area (Å²) in [6.07, 6.45) is 0. The highest BCUT2D eigenvalue weighted by atomic mass is 127. The van der Waals surface area contributed by atoms with E-state index in [0.29, 0.717) is 43.0 Å². The predicted molar refractivity (Wildman–Crippen MR) is 126 cm³/mol. The molecule has 9 heteroatoms. The Morgan fingerprint density at radius 1 is 1.38 bits per heavy atom. The van der Waals surface area contributed by atoms with E-state index in [9.17, 15) is 9.90 Å². The number of amides is 1. The molecule has 4 N–H and O–H groups in total. The van der Waals surface area contributed by atoms with Crippen LogP contribution in [0.1, 0.15) is 25.5 Å². The molecule has 0 saturated heterocycles. The summed E-state index contributed by atoms with van der Waals surface area (Å²) in [6.45, 7) is 4.04. The Bertz CT molecular complexity index is 1010. The average molecular weight is 544 g/mol. The van der Waals surface area contributed by atoms with Crippen LogP contribution in [0.25, 0.3) is 0 Å². The van der Waals surface area contributed by atoms with Crippen molar-refractivity contribution in [1.82, 2.24) is 10.6 Å². The fourth-order valence-corrected chi connectivity index (χ4v) is 4.12. The Balaban J connectivity index is 2.01. The highest BCUT2D eigenvalue weighted by Crippen LogP contribution is 2.37. The number of hydrogen-bond acceptors (Lipinski definition) is 4. The summed E-state index contributed by atoms with van der Waals surface area (Å²) in [4.78, 5) is 13.1. The van der Waals surface area contributed by atoms with Crippen LogP contribution in [0.4, 0.5) is 5.69 Å². The third kappa shape index (κ3) is 4.93. The minimum Gasteiger partial charge on any atom is -0.504 e. The standard InChI is InChI=1S/C20H19ClIN3O3S/c1-3-28-15-8-11(7-14(22)18(15)26)17-16(10(2)23-20(29)25-17)19(27)24-13-6-4-5-12(21)9-13/h4-9,17,26H,3H2,1-2H3,(H,24,27)(H2,23,25,29)/t17-/m0/s1. The topological polar surface area (TPSA) is 82.6 Å². The molecule has 0 unspecified atom stereocenters. The van der Waals surface area contributed by atoms with Gasteiger partial charge >= 0.3 is 0 Å². The first-order chi connectivity index (χ1) is 13.8. The molecule has 152 valence electrons. The van der Waals surface area contributed by atoms with Gasteiger partial charge in [-0.15, -0.1) is 0 Å². The second-order valence-electron chi connectivity index (χ2n) is 6.32. The average Bonchev–Trinajstić information content (AvgIpc) is 2.64. The summed E-state index contributed by atoms with van der Waals surface area (Å²) in [5, 5.41) is 20.2. The van der Waals surface area contributed by atoms with Gasteiger partial charge in [0, 0.05) is 16.4 Å². The number of benzene rings is 2. The summed E-state index contributed by atoms with van der Waals surface area (Å²) in [5.74, 6) is 0.129. The van der Waals surface area contributed by atoms with Gasteiger partial charge in [0.15, 0.2) is 16.6 Å². The van der Waals surface area contributed by atoms with Gasteiger partial charge in [-0.05, 0) is 84.6 Å². The van der Waals surface area contributed by atoms with Gasteiger partial charge in [0.1, 0.15) is 0 Å². The van der Waals surface area contributed by atoms with Crippen LogP contribution in [0.3, 0.4) is 0 Å². The number of thiocarbonyl (C=S) groups is 1. The fraction of sp³-hybridized carbons (Fsp3) is 0.200. The lowest BCUT2D eigenvalue weighted by molar-refractivity contribution is -0.113. The van der Waals surface area contributed by atoms with E-state index in [1.165, 1.54) is 0 Å². The molecule has 0 aromatic heterocycles. The van der Waals surface area contributed by atoms with Crippen molar-refractivity contribution in [2.75, 3.05) is 11.9 Å². The molecular formula is C20H19ClIN3O3S. The molecule has 2 aromatic rings. The summed E-state index contributed by atoms with van der Waals surface area (Å²) < 4.78 is 6.16. The Kier molecular flexibility index (Phi) is 6.86. The SMILES string of the molecule is CCOc1cc([C@@H]2NC(=S)NC(C)=C2C(=O)Nc2cccc(Cl)c2)cc(I)c1O. The number of phenolic OH excluding ortho intramolecular Hbond substituents is 1. The number of anilines is 1. The van der Waals surface area contributed by atoms with Crippen LogP contribution < -0.4 is 20.7 Å². The zero-order chi connectivity index (χ0) is 21.1. The van der Waals surface area contributed by atoms with E-state index in [2.05, 4.69) is 16.0 Å². The minimum absolute atomic E-state index is 0.0679. The van der Waals surface area contributed by atoms with Crippen LogP contribution in [-0.4, -0.2) is 22.7 Å². The predicted octanol–water partition coefficient (Wildman–Crippen LogP) is 4.48. The summed E-state index contributed by atoms with van der Waals surface area (Å²) in [6, 6.07) is 9.93. The molecule has 0 aliphatic carbocycles. The number of nitrogens with one attached hydrogen (secondary N) is 3. The van der Waals surface area contributed by atoms with Crippen LogP contribution in [0, 0.1) is 3.57 Å². The van der Waals surface area contributed by atoms with Crippen molar-refractivity contribution in [2.45, 2.75) is 19.9 Å². The lowest BCUT2D eigenvalue weighted by Gasteiger charge is -2.30. The first-order valence-electron chi connectivity index (χ1n) is 8.80. The first kappa shape index (κ1) is 21.7. The Morgan fingerprint density at radius 2 is 2.14 bits per heavy atom. The number of phenols is 1. The number of allylic oxidation sites excluding steroid dienone is 1. The monoisotopic (exact) mass is 543 g/mol. The van der Waals surface area contributed by atoms with E-state index in [4.69, 9.17) is 28.6 Å². The molecule has 1 aliphatic heterocycles. The number of carbonyl (C=O) groups excluding carboxylic acids is 1. The Morgan fingerprint density at radius 3 is 2.83 bits per heavy atom. The van der Waals surface area contributed by atoms with Crippen molar-refractivity contribution in [1.29, 1.82) is 0 Å². The van der Waals surface area contributed by atoms with Crippen LogP contribution in [0.15, 0.2) is 47.7 Å². The number of rotatable bonds is 5. The molecule has 29 heavy (non-hydrogen) atoms. The maximum absolute atomic E-state index is 13.1. The van der Waals surface area contributed by atoms with Crippen LogP contribution in [0.2, 0.25) is 5.02 Å². The van der Waals surface area contributed by atoms with Crippen LogP contribution in [-0.2, 0) is 4.79 Å². The quantitative estimate of drug-likeness (QED) is 0.329. The molecular weight excluding hydrogens is 525 g/mol. The van der Waals surface area contributed by atoms with E-state index in [-0.39, 0.29) is 11.7 Å². The number of hydrogen-bond donors (Lipinski definition) is 4. The molecule has 0 saturated carbocycles. The van der Waals surface area contributed by atoms with Gasteiger partial charge in [0.2, 0.25) is 0 Å². The van der Waals surface area contributed by atoms with E-state index in [1.54, 1.807) is 43.3 Å². The molecule has 0 spiro atoms. The third-order valence-electron chi connectivity index (χ3n) is 4.28. The molecule has 0 bridgehead atoms. The highest BCUT2D eigenvalue weighted by Gasteiger charge is 2.31. The highest BCUT2D eigenvalue weighted by molar-refractivity contribution is 14.1. The molecule has 1 heterocycles. The van der Waals surface area contributed by atoms with Gasteiger partial charge in [-0.1, -0.05) is 17.7 Å². The van der Waals surface area contributed by atoms with Gasteiger partial charge in [-0.2, -0.15) is 0 Å². The van der Waals surface area contributed by atoms with Crippen molar-refractivity contribution in [2.24, 2.45) is 0 Å². The van der Waals surface area contributed by atoms with Gasteiger partial charge in [-0.25, -0.2) is 0 Å². The van der Waals surface area contributed by atoms with Crippen molar-refractivity contribution < 1.29 is 14.6 Å². The number of carbonyl (C=O) groups is 1. The third-order valence-corrected chi connectivity index (χ3v) is 5.56. The first-order valence-corrected chi connectivity index (χ1v) is 10.7. The smallest absolute Gasteiger partial charge is 0.255 e. The molecule has 0 radical (unpaired) electrons. The minimum atomic E-state index is -0.517. The van der Waals surface area contributed by atoms with E-state index in [0.717, 1.165) is 5.56 Å². The molecule has 1 aliphatic rings. The van der Waals surface area contributed by atoms with Crippen molar-refractivity contribution >= 4 is 63.1 Å². The molecule has 6 nitrogen and oxygen atoms in total. The van der Waals surface area contributed by atoms with Gasteiger partial charge in [0.05, 0.1) is 21.8 Å². The van der Waals surface area contributed by atoms with Gasteiger partial charge in [-0.3, -0.25) is 4.79 Å². The normalized spacial score (nSPS) is 16.1.